The Hall–Kier alpha value is -2.90. The smallest absolute Gasteiger partial charge is 0.251 e. The first-order valence-electron chi connectivity index (χ1n) is 6.73. The van der Waals surface area contributed by atoms with Crippen LogP contribution < -0.4 is 21.5 Å². The van der Waals surface area contributed by atoms with E-state index in [0.29, 0.717) is 11.4 Å². The third kappa shape index (κ3) is 4.05. The van der Waals surface area contributed by atoms with Gasteiger partial charge in [-0.1, -0.05) is 6.07 Å². The zero-order valence-electron chi connectivity index (χ0n) is 11.9. The molecule has 0 saturated carbocycles. The number of anilines is 2. The Morgan fingerprint density at radius 1 is 1.09 bits per heavy atom. The number of carbonyl (C=O) groups is 4. The van der Waals surface area contributed by atoms with Gasteiger partial charge in [-0.3, -0.25) is 30.0 Å². The molecule has 2 rings (SSSR count). The Bertz CT molecular complexity index is 613. The number of hydrogen-bond donors (Lipinski definition) is 4. The van der Waals surface area contributed by atoms with Crippen molar-refractivity contribution >= 4 is 35.0 Å². The molecule has 0 atom stereocenters. The molecule has 22 heavy (non-hydrogen) atoms. The number of benzene rings is 1. The molecule has 1 heterocycles. The van der Waals surface area contributed by atoms with Crippen LogP contribution in [0.25, 0.3) is 0 Å². The van der Waals surface area contributed by atoms with E-state index in [0.717, 1.165) is 0 Å². The monoisotopic (exact) mass is 304 g/mol. The molecule has 116 valence electrons. The summed E-state index contributed by atoms with van der Waals surface area (Å²) in [5.41, 5.74) is 5.51. The van der Waals surface area contributed by atoms with Crippen LogP contribution in [0.15, 0.2) is 24.3 Å². The SMILES string of the molecule is CC(=O)Nc1cccc(NC(=O)CCC2C(=O)NNC2=O)c1. The van der Waals surface area contributed by atoms with E-state index in [1.165, 1.54) is 6.92 Å². The summed E-state index contributed by atoms with van der Waals surface area (Å²) >= 11 is 0. The molecule has 4 amide bonds. The second kappa shape index (κ2) is 6.70. The average Bonchev–Trinajstić information content (AvgIpc) is 2.75. The number of carbonyl (C=O) groups excluding carboxylic acids is 4. The summed E-state index contributed by atoms with van der Waals surface area (Å²) in [7, 11) is 0. The standard InChI is InChI=1S/C14H16N4O4/c1-8(19)15-9-3-2-4-10(7-9)16-12(20)6-5-11-13(21)17-18-14(11)22/h2-4,7,11H,5-6H2,1H3,(H,15,19)(H,16,20)(H,17,21)(H,18,22). The predicted molar refractivity (Wildman–Crippen MR) is 78.4 cm³/mol. The van der Waals surface area contributed by atoms with Crippen molar-refractivity contribution in [2.24, 2.45) is 5.92 Å². The van der Waals surface area contributed by atoms with Gasteiger partial charge >= 0.3 is 0 Å². The van der Waals surface area contributed by atoms with Gasteiger partial charge in [0.1, 0.15) is 5.92 Å². The summed E-state index contributed by atoms with van der Waals surface area (Å²) in [4.78, 5) is 45.5. The summed E-state index contributed by atoms with van der Waals surface area (Å²) < 4.78 is 0. The molecule has 1 saturated heterocycles. The van der Waals surface area contributed by atoms with Crippen molar-refractivity contribution in [3.05, 3.63) is 24.3 Å². The van der Waals surface area contributed by atoms with E-state index in [-0.39, 0.29) is 24.7 Å². The molecule has 0 bridgehead atoms. The highest BCUT2D eigenvalue weighted by atomic mass is 16.2. The minimum Gasteiger partial charge on any atom is -0.326 e. The van der Waals surface area contributed by atoms with Gasteiger partial charge < -0.3 is 10.6 Å². The summed E-state index contributed by atoms with van der Waals surface area (Å²) in [6.07, 6.45) is 0.171. The van der Waals surface area contributed by atoms with Crippen LogP contribution in [0.2, 0.25) is 0 Å². The lowest BCUT2D eigenvalue weighted by molar-refractivity contribution is -0.128. The molecular formula is C14H16N4O4. The number of amides is 4. The van der Waals surface area contributed by atoms with Crippen LogP contribution >= 0.6 is 0 Å². The van der Waals surface area contributed by atoms with E-state index in [1.54, 1.807) is 24.3 Å². The zero-order valence-corrected chi connectivity index (χ0v) is 11.9. The number of hydrazine groups is 1. The van der Waals surface area contributed by atoms with Gasteiger partial charge in [-0.05, 0) is 24.6 Å². The van der Waals surface area contributed by atoms with E-state index in [2.05, 4.69) is 21.5 Å². The van der Waals surface area contributed by atoms with Gasteiger partial charge in [0.05, 0.1) is 0 Å². The Morgan fingerprint density at radius 2 is 1.68 bits per heavy atom. The van der Waals surface area contributed by atoms with Crippen LogP contribution in [0.4, 0.5) is 11.4 Å². The van der Waals surface area contributed by atoms with E-state index in [1.807, 2.05) is 0 Å². The van der Waals surface area contributed by atoms with Gasteiger partial charge in [0.25, 0.3) is 11.8 Å². The summed E-state index contributed by atoms with van der Waals surface area (Å²) in [5, 5.41) is 5.27. The van der Waals surface area contributed by atoms with Gasteiger partial charge in [0.15, 0.2) is 0 Å². The molecule has 0 aliphatic carbocycles. The quantitative estimate of drug-likeness (QED) is 0.579. The van der Waals surface area contributed by atoms with Crippen molar-refractivity contribution < 1.29 is 19.2 Å². The molecule has 0 radical (unpaired) electrons. The van der Waals surface area contributed by atoms with Crippen LogP contribution in [-0.4, -0.2) is 23.6 Å². The van der Waals surface area contributed by atoms with Crippen molar-refractivity contribution in [2.45, 2.75) is 19.8 Å². The number of nitrogens with one attached hydrogen (secondary N) is 4. The first-order chi connectivity index (χ1) is 10.5. The Morgan fingerprint density at radius 3 is 2.27 bits per heavy atom. The summed E-state index contributed by atoms with van der Waals surface area (Å²) in [5.74, 6) is -2.21. The largest absolute Gasteiger partial charge is 0.326 e. The van der Waals surface area contributed by atoms with E-state index in [4.69, 9.17) is 0 Å². The number of rotatable bonds is 5. The van der Waals surface area contributed by atoms with Gasteiger partial charge in [0, 0.05) is 24.7 Å². The topological polar surface area (TPSA) is 116 Å². The molecule has 1 aromatic carbocycles. The van der Waals surface area contributed by atoms with Crippen molar-refractivity contribution in [3.8, 4) is 0 Å². The molecule has 8 nitrogen and oxygen atoms in total. The molecule has 1 aromatic rings. The van der Waals surface area contributed by atoms with Crippen LogP contribution in [-0.2, 0) is 19.2 Å². The van der Waals surface area contributed by atoms with Gasteiger partial charge in [-0.15, -0.1) is 0 Å². The minimum atomic E-state index is -0.837. The average molecular weight is 304 g/mol. The van der Waals surface area contributed by atoms with Crippen LogP contribution in [0.1, 0.15) is 19.8 Å². The highest BCUT2D eigenvalue weighted by Crippen LogP contribution is 2.16. The Balaban J connectivity index is 1.88. The molecule has 1 aliphatic rings. The zero-order chi connectivity index (χ0) is 16.1. The molecule has 1 aliphatic heterocycles. The van der Waals surface area contributed by atoms with Crippen molar-refractivity contribution in [1.29, 1.82) is 0 Å². The van der Waals surface area contributed by atoms with Crippen LogP contribution in [0.5, 0.6) is 0 Å². The normalized spacial score (nSPS) is 14.2. The van der Waals surface area contributed by atoms with Gasteiger partial charge in [-0.2, -0.15) is 0 Å². The summed E-state index contributed by atoms with van der Waals surface area (Å²) in [6.45, 7) is 1.39. The first-order valence-corrected chi connectivity index (χ1v) is 6.73. The lowest BCUT2D eigenvalue weighted by Crippen LogP contribution is -2.28. The maximum atomic E-state index is 11.9. The molecular weight excluding hydrogens is 288 g/mol. The van der Waals surface area contributed by atoms with Gasteiger partial charge in [0.2, 0.25) is 11.8 Å². The lowest BCUT2D eigenvalue weighted by Gasteiger charge is -2.08. The maximum Gasteiger partial charge on any atom is 0.251 e. The Labute approximate surface area is 126 Å². The highest BCUT2D eigenvalue weighted by Gasteiger charge is 2.32. The third-order valence-corrected chi connectivity index (χ3v) is 3.07. The molecule has 1 fully saturated rings. The molecule has 0 unspecified atom stereocenters. The van der Waals surface area contributed by atoms with Gasteiger partial charge in [-0.25, -0.2) is 0 Å². The van der Waals surface area contributed by atoms with E-state index in [9.17, 15) is 19.2 Å². The molecule has 8 heteroatoms. The molecule has 0 aromatic heterocycles. The predicted octanol–water partition coefficient (Wildman–Crippen LogP) is 0.141. The van der Waals surface area contributed by atoms with Crippen molar-refractivity contribution in [2.75, 3.05) is 10.6 Å². The summed E-state index contributed by atoms with van der Waals surface area (Å²) in [6, 6.07) is 6.69. The van der Waals surface area contributed by atoms with Crippen molar-refractivity contribution in [3.63, 3.8) is 0 Å². The first kappa shape index (κ1) is 15.5. The van der Waals surface area contributed by atoms with E-state index < -0.39 is 17.7 Å². The van der Waals surface area contributed by atoms with Crippen LogP contribution in [0, 0.1) is 5.92 Å². The molecule has 0 spiro atoms. The highest BCUT2D eigenvalue weighted by molar-refractivity contribution is 6.05. The van der Waals surface area contributed by atoms with E-state index >= 15 is 0 Å². The minimum absolute atomic E-state index is 0.0376. The van der Waals surface area contributed by atoms with Crippen molar-refractivity contribution in [1.82, 2.24) is 10.9 Å². The fourth-order valence-corrected chi connectivity index (χ4v) is 2.06. The second-order valence-corrected chi connectivity index (χ2v) is 4.88. The number of hydrogen-bond acceptors (Lipinski definition) is 4. The molecule has 4 N–H and O–H groups in total. The Kier molecular flexibility index (Phi) is 4.72. The van der Waals surface area contributed by atoms with Crippen LogP contribution in [0.3, 0.4) is 0 Å². The lowest BCUT2D eigenvalue weighted by atomic mass is 10.0. The fourth-order valence-electron chi connectivity index (χ4n) is 2.06. The fraction of sp³-hybridized carbons (Fsp3) is 0.286. The maximum absolute atomic E-state index is 11.9. The third-order valence-electron chi connectivity index (χ3n) is 3.07. The second-order valence-electron chi connectivity index (χ2n) is 4.88.